The molecule has 0 bridgehead atoms. The van der Waals surface area contributed by atoms with E-state index in [1.807, 2.05) is 30.3 Å². The van der Waals surface area contributed by atoms with Crippen LogP contribution in [0.25, 0.3) is 21.1 Å². The third-order valence-corrected chi connectivity index (χ3v) is 5.65. The van der Waals surface area contributed by atoms with E-state index in [-0.39, 0.29) is 0 Å². The lowest BCUT2D eigenvalue weighted by Gasteiger charge is -2.05. The van der Waals surface area contributed by atoms with E-state index >= 15 is 0 Å². The Labute approximate surface area is 143 Å². The van der Waals surface area contributed by atoms with E-state index in [1.54, 1.807) is 11.3 Å². The third-order valence-electron chi connectivity index (χ3n) is 4.20. The van der Waals surface area contributed by atoms with Gasteiger partial charge >= 0.3 is 0 Å². The van der Waals surface area contributed by atoms with E-state index in [1.165, 1.54) is 19.3 Å². The molecule has 0 spiro atoms. The maximum Gasteiger partial charge on any atom is 0.176 e. The second-order valence-electron chi connectivity index (χ2n) is 5.80. The van der Waals surface area contributed by atoms with Crippen molar-refractivity contribution in [2.45, 2.75) is 32.2 Å². The molecule has 4 rings (SSSR count). The molecule has 2 aromatic heterocycles. The predicted octanol–water partition coefficient (Wildman–Crippen LogP) is 4.64. The zero-order valence-electron chi connectivity index (χ0n) is 12.6. The van der Waals surface area contributed by atoms with Crippen molar-refractivity contribution < 1.29 is 0 Å². The molecular formula is C17H17ClN4S. The number of benzene rings is 1. The lowest BCUT2D eigenvalue weighted by Crippen LogP contribution is -2.03. The van der Waals surface area contributed by atoms with Crippen LogP contribution in [0.15, 0.2) is 30.3 Å². The maximum atomic E-state index is 6.28. The van der Waals surface area contributed by atoms with Crippen LogP contribution in [0, 0.1) is 0 Å². The molecule has 1 aliphatic rings. The zero-order chi connectivity index (χ0) is 15.8. The van der Waals surface area contributed by atoms with Crippen LogP contribution in [-0.2, 0) is 13.0 Å². The van der Waals surface area contributed by atoms with Crippen molar-refractivity contribution in [3.8, 4) is 21.1 Å². The average molecular weight is 345 g/mol. The van der Waals surface area contributed by atoms with Gasteiger partial charge < -0.3 is 10.3 Å². The number of aromatic nitrogens is 3. The molecule has 0 fully saturated rings. The van der Waals surface area contributed by atoms with E-state index in [0.29, 0.717) is 0 Å². The normalized spacial score (nSPS) is 14.5. The van der Waals surface area contributed by atoms with Crippen LogP contribution in [0.2, 0.25) is 5.02 Å². The molecule has 0 amide bonds. The average Bonchev–Trinajstić information content (AvgIpc) is 3.03. The summed E-state index contributed by atoms with van der Waals surface area (Å²) in [6, 6.07) is 9.84. The quantitative estimate of drug-likeness (QED) is 0.737. The van der Waals surface area contributed by atoms with E-state index in [9.17, 15) is 0 Å². The smallest absolute Gasteiger partial charge is 0.176 e. The summed E-state index contributed by atoms with van der Waals surface area (Å²) in [6.45, 7) is 0.977. The summed E-state index contributed by atoms with van der Waals surface area (Å²) < 4.78 is 2.24. The van der Waals surface area contributed by atoms with Crippen molar-refractivity contribution in [1.82, 2.24) is 14.8 Å². The molecule has 2 N–H and O–H groups in total. The first-order chi connectivity index (χ1) is 11.2. The number of anilines is 1. The van der Waals surface area contributed by atoms with Gasteiger partial charge in [-0.25, -0.2) is 0 Å². The van der Waals surface area contributed by atoms with Gasteiger partial charge in [-0.15, -0.1) is 21.5 Å². The fraction of sp³-hybridized carbons (Fsp3) is 0.294. The SMILES string of the molecule is Nc1cc(-c2ccc(Cl)cc2)sc1-c1nnc2n1CCCCC2. The van der Waals surface area contributed by atoms with Gasteiger partial charge in [0, 0.05) is 22.9 Å². The number of nitrogens with zero attached hydrogens (tertiary/aromatic N) is 3. The molecule has 0 aliphatic carbocycles. The number of nitrogens with two attached hydrogens (primary N) is 1. The molecule has 0 saturated carbocycles. The van der Waals surface area contributed by atoms with Crippen molar-refractivity contribution in [3.05, 3.63) is 41.2 Å². The van der Waals surface area contributed by atoms with Crippen molar-refractivity contribution in [3.63, 3.8) is 0 Å². The molecule has 3 heterocycles. The lowest BCUT2D eigenvalue weighted by atomic mass is 10.2. The number of hydrogen-bond donors (Lipinski definition) is 1. The van der Waals surface area contributed by atoms with Gasteiger partial charge in [-0.2, -0.15) is 0 Å². The second-order valence-corrected chi connectivity index (χ2v) is 7.29. The molecule has 118 valence electrons. The molecule has 0 atom stereocenters. The largest absolute Gasteiger partial charge is 0.397 e. The van der Waals surface area contributed by atoms with Crippen molar-refractivity contribution in [1.29, 1.82) is 0 Å². The minimum atomic E-state index is 0.737. The van der Waals surface area contributed by atoms with Gasteiger partial charge in [0.2, 0.25) is 0 Å². The Morgan fingerprint density at radius 2 is 1.91 bits per heavy atom. The summed E-state index contributed by atoms with van der Waals surface area (Å²) in [7, 11) is 0. The molecule has 1 aliphatic heterocycles. The van der Waals surface area contributed by atoms with Crippen molar-refractivity contribution >= 4 is 28.6 Å². The molecule has 0 unspecified atom stereocenters. The first-order valence-electron chi connectivity index (χ1n) is 7.80. The number of fused-ring (bicyclic) bond motifs is 1. The Bertz CT molecular complexity index is 835. The standard InChI is InChI=1S/C17H17ClN4S/c18-12-7-5-11(6-8-12)14-10-13(19)16(23-14)17-21-20-15-4-2-1-3-9-22(15)17/h5-8,10H,1-4,9,19H2. The Balaban J connectivity index is 1.76. The van der Waals surface area contributed by atoms with E-state index in [2.05, 4.69) is 14.8 Å². The summed E-state index contributed by atoms with van der Waals surface area (Å²) in [6.07, 6.45) is 4.61. The molecule has 0 saturated heterocycles. The highest BCUT2D eigenvalue weighted by Crippen LogP contribution is 2.40. The zero-order valence-corrected chi connectivity index (χ0v) is 14.2. The maximum absolute atomic E-state index is 6.28. The summed E-state index contributed by atoms with van der Waals surface area (Å²) in [5.41, 5.74) is 8.16. The first kappa shape index (κ1) is 14.7. The molecule has 0 radical (unpaired) electrons. The van der Waals surface area contributed by atoms with Crippen molar-refractivity contribution in [2.75, 3.05) is 5.73 Å². The molecule has 6 heteroatoms. The third kappa shape index (κ3) is 2.75. The number of halogens is 1. The summed E-state index contributed by atoms with van der Waals surface area (Å²) >= 11 is 7.63. The Morgan fingerprint density at radius 3 is 2.74 bits per heavy atom. The van der Waals surface area contributed by atoms with Crippen LogP contribution < -0.4 is 5.73 Å². The Hall–Kier alpha value is -1.85. The number of hydrogen-bond acceptors (Lipinski definition) is 4. The number of aryl methyl sites for hydroxylation is 1. The highest BCUT2D eigenvalue weighted by atomic mass is 35.5. The van der Waals surface area contributed by atoms with Crippen LogP contribution in [0.1, 0.15) is 25.1 Å². The summed E-state index contributed by atoms with van der Waals surface area (Å²) in [5, 5.41) is 9.53. The van der Waals surface area contributed by atoms with Crippen LogP contribution in [0.3, 0.4) is 0 Å². The molecule has 1 aromatic carbocycles. The first-order valence-corrected chi connectivity index (χ1v) is 8.99. The Kier molecular flexibility index (Phi) is 3.83. The summed E-state index contributed by atoms with van der Waals surface area (Å²) in [4.78, 5) is 2.13. The van der Waals surface area contributed by atoms with Gasteiger partial charge in [-0.1, -0.05) is 30.2 Å². The van der Waals surface area contributed by atoms with Gasteiger partial charge in [0.1, 0.15) is 5.82 Å². The van der Waals surface area contributed by atoms with Crippen molar-refractivity contribution in [2.24, 2.45) is 0 Å². The van der Waals surface area contributed by atoms with Gasteiger partial charge in [0.15, 0.2) is 5.82 Å². The molecule has 4 nitrogen and oxygen atoms in total. The lowest BCUT2D eigenvalue weighted by molar-refractivity contribution is 0.637. The minimum absolute atomic E-state index is 0.737. The highest BCUT2D eigenvalue weighted by molar-refractivity contribution is 7.19. The fourth-order valence-corrected chi connectivity index (χ4v) is 4.19. The van der Waals surface area contributed by atoms with Crippen LogP contribution >= 0.6 is 22.9 Å². The van der Waals surface area contributed by atoms with E-state index in [0.717, 1.165) is 50.6 Å². The molecular weight excluding hydrogens is 328 g/mol. The summed E-state index contributed by atoms with van der Waals surface area (Å²) in [5.74, 6) is 1.99. The van der Waals surface area contributed by atoms with Crippen LogP contribution in [0.5, 0.6) is 0 Å². The molecule has 23 heavy (non-hydrogen) atoms. The number of thiophene rings is 1. The molecule has 3 aromatic rings. The van der Waals surface area contributed by atoms with Gasteiger partial charge in [0.05, 0.1) is 10.6 Å². The monoisotopic (exact) mass is 344 g/mol. The van der Waals surface area contributed by atoms with E-state index in [4.69, 9.17) is 17.3 Å². The van der Waals surface area contributed by atoms with Gasteiger partial charge in [0.25, 0.3) is 0 Å². The topological polar surface area (TPSA) is 56.7 Å². The highest BCUT2D eigenvalue weighted by Gasteiger charge is 2.20. The number of nitrogen functional groups attached to an aromatic ring is 1. The minimum Gasteiger partial charge on any atom is -0.397 e. The Morgan fingerprint density at radius 1 is 1.09 bits per heavy atom. The van der Waals surface area contributed by atoms with Crippen LogP contribution in [-0.4, -0.2) is 14.8 Å². The second kappa shape index (κ2) is 5.98. The van der Waals surface area contributed by atoms with Gasteiger partial charge in [-0.3, -0.25) is 0 Å². The number of rotatable bonds is 2. The van der Waals surface area contributed by atoms with Crippen LogP contribution in [0.4, 0.5) is 5.69 Å². The predicted molar refractivity (Wildman–Crippen MR) is 95.7 cm³/mol. The fourth-order valence-electron chi connectivity index (χ4n) is 2.99. The van der Waals surface area contributed by atoms with Gasteiger partial charge in [-0.05, 0) is 36.6 Å². The van der Waals surface area contributed by atoms with E-state index < -0.39 is 0 Å².